The zero-order chi connectivity index (χ0) is 19.9. The topological polar surface area (TPSA) is 70.6 Å². The van der Waals surface area contributed by atoms with Gasteiger partial charge in [-0.15, -0.1) is 0 Å². The van der Waals surface area contributed by atoms with Crippen LogP contribution in [0.25, 0.3) is 12.2 Å². The Bertz CT molecular complexity index is 1020. The molecule has 0 amide bonds. The van der Waals surface area contributed by atoms with Crippen molar-refractivity contribution in [1.82, 2.24) is 0 Å². The van der Waals surface area contributed by atoms with Gasteiger partial charge in [-0.2, -0.15) is 4.57 Å². The SMILES string of the molecule is CCOc1cc(/C=C/c2cccc[n+]2Cc2cccc(C(=O)O)c2)ccc1O.[Cl-]. The predicted molar refractivity (Wildman–Crippen MR) is 107 cm³/mol. The van der Waals surface area contributed by atoms with E-state index in [2.05, 4.69) is 0 Å². The zero-order valence-electron chi connectivity index (χ0n) is 16.0. The number of phenols is 1. The molecule has 0 radical (unpaired) electrons. The van der Waals surface area contributed by atoms with Gasteiger partial charge in [-0.25, -0.2) is 4.79 Å². The number of carbonyl (C=O) groups is 1. The molecular weight excluding hydrogens is 390 g/mol. The Morgan fingerprint density at radius 2 is 1.90 bits per heavy atom. The fourth-order valence-electron chi connectivity index (χ4n) is 2.87. The van der Waals surface area contributed by atoms with E-state index >= 15 is 0 Å². The molecule has 2 N–H and O–H groups in total. The molecule has 0 bridgehead atoms. The standard InChI is InChI=1S/C23H21NO4.ClH/c1-2-28-22-15-17(10-12-21(22)25)9-11-20-8-3-4-13-24(20)16-18-6-5-7-19(14-18)23(26)27;/h3-15H,2,16H2,1H3,(H,26,27);1H. The number of carboxylic acids is 1. The fraction of sp³-hybridized carbons (Fsp3) is 0.130. The molecule has 1 heterocycles. The molecule has 0 aliphatic heterocycles. The molecule has 3 rings (SSSR count). The minimum absolute atomic E-state index is 0. The molecular formula is C23H22ClNO4. The number of aromatic nitrogens is 1. The molecule has 0 aliphatic rings. The summed E-state index contributed by atoms with van der Waals surface area (Å²) in [6, 6.07) is 18.0. The van der Waals surface area contributed by atoms with Crippen LogP contribution < -0.4 is 21.7 Å². The van der Waals surface area contributed by atoms with Gasteiger partial charge in [-0.3, -0.25) is 0 Å². The van der Waals surface area contributed by atoms with Crippen molar-refractivity contribution in [1.29, 1.82) is 0 Å². The molecule has 0 saturated heterocycles. The summed E-state index contributed by atoms with van der Waals surface area (Å²) in [5.41, 5.74) is 3.06. The number of phenolic OH excluding ortho intramolecular Hbond substituents is 1. The summed E-state index contributed by atoms with van der Waals surface area (Å²) in [7, 11) is 0. The molecule has 6 heteroatoms. The highest BCUT2D eigenvalue weighted by molar-refractivity contribution is 5.87. The molecule has 5 nitrogen and oxygen atoms in total. The first-order valence-electron chi connectivity index (χ1n) is 9.01. The zero-order valence-corrected chi connectivity index (χ0v) is 16.7. The first-order valence-corrected chi connectivity index (χ1v) is 9.01. The normalized spacial score (nSPS) is 10.5. The van der Waals surface area contributed by atoms with Crippen LogP contribution in [0.4, 0.5) is 0 Å². The number of halogens is 1. The summed E-state index contributed by atoms with van der Waals surface area (Å²) in [4.78, 5) is 11.2. The molecule has 0 fully saturated rings. The first-order chi connectivity index (χ1) is 13.6. The number of carboxylic acid groups (broad SMARTS) is 1. The maximum absolute atomic E-state index is 11.2. The van der Waals surface area contributed by atoms with Gasteiger partial charge in [0, 0.05) is 23.8 Å². The van der Waals surface area contributed by atoms with Crippen molar-refractivity contribution in [2.75, 3.05) is 6.61 Å². The van der Waals surface area contributed by atoms with E-state index in [-0.39, 0.29) is 23.7 Å². The molecule has 150 valence electrons. The third kappa shape index (κ3) is 5.83. The Kier molecular flexibility index (Phi) is 7.80. The molecule has 2 aromatic carbocycles. The van der Waals surface area contributed by atoms with Crippen molar-refractivity contribution >= 4 is 18.1 Å². The highest BCUT2D eigenvalue weighted by Gasteiger charge is 2.10. The molecule has 0 atom stereocenters. The van der Waals surface area contributed by atoms with E-state index in [1.54, 1.807) is 30.3 Å². The Hall–Kier alpha value is -3.31. The third-order valence-electron chi connectivity index (χ3n) is 4.23. The fourth-order valence-corrected chi connectivity index (χ4v) is 2.87. The maximum Gasteiger partial charge on any atom is 0.335 e. The highest BCUT2D eigenvalue weighted by atomic mass is 35.5. The second-order valence-electron chi connectivity index (χ2n) is 6.25. The smallest absolute Gasteiger partial charge is 0.335 e. The molecule has 3 aromatic rings. The number of aromatic carboxylic acids is 1. The lowest BCUT2D eigenvalue weighted by Gasteiger charge is -2.06. The molecule has 0 spiro atoms. The van der Waals surface area contributed by atoms with Crippen LogP contribution in [0.1, 0.15) is 34.1 Å². The lowest BCUT2D eigenvalue weighted by Crippen LogP contribution is -3.00. The van der Waals surface area contributed by atoms with E-state index in [0.29, 0.717) is 18.9 Å². The lowest BCUT2D eigenvalue weighted by atomic mass is 10.1. The lowest BCUT2D eigenvalue weighted by molar-refractivity contribution is -0.690. The van der Waals surface area contributed by atoms with Gasteiger partial charge in [0.15, 0.2) is 24.2 Å². The second kappa shape index (κ2) is 10.3. The van der Waals surface area contributed by atoms with Gasteiger partial charge in [0.1, 0.15) is 0 Å². The highest BCUT2D eigenvalue weighted by Crippen LogP contribution is 2.27. The van der Waals surface area contributed by atoms with E-state index < -0.39 is 5.97 Å². The van der Waals surface area contributed by atoms with Gasteiger partial charge in [-0.1, -0.05) is 18.2 Å². The Balaban J connectivity index is 0.00000300. The van der Waals surface area contributed by atoms with E-state index in [0.717, 1.165) is 16.8 Å². The van der Waals surface area contributed by atoms with E-state index in [4.69, 9.17) is 4.74 Å². The number of nitrogens with zero attached hydrogens (tertiary/aromatic N) is 1. The Labute approximate surface area is 175 Å². The van der Waals surface area contributed by atoms with Crippen molar-refractivity contribution < 1.29 is 36.7 Å². The number of hydrogen-bond acceptors (Lipinski definition) is 3. The summed E-state index contributed by atoms with van der Waals surface area (Å²) in [5.74, 6) is -0.361. The molecule has 1 aromatic heterocycles. The van der Waals surface area contributed by atoms with Crippen molar-refractivity contribution in [3.63, 3.8) is 0 Å². The molecule has 0 aliphatic carbocycles. The third-order valence-corrected chi connectivity index (χ3v) is 4.23. The van der Waals surface area contributed by atoms with Gasteiger partial charge in [0.05, 0.1) is 12.2 Å². The van der Waals surface area contributed by atoms with Gasteiger partial charge >= 0.3 is 5.97 Å². The number of benzene rings is 2. The van der Waals surface area contributed by atoms with Crippen LogP contribution in [-0.2, 0) is 6.54 Å². The molecule has 0 saturated carbocycles. The Morgan fingerprint density at radius 1 is 1.07 bits per heavy atom. The van der Waals surface area contributed by atoms with Crippen molar-refractivity contribution in [3.05, 3.63) is 89.2 Å². The number of aromatic hydroxyl groups is 1. The van der Waals surface area contributed by atoms with Crippen LogP contribution in [0.15, 0.2) is 66.9 Å². The first kappa shape index (κ1) is 22.0. The van der Waals surface area contributed by atoms with E-state index in [9.17, 15) is 15.0 Å². The molecule has 29 heavy (non-hydrogen) atoms. The van der Waals surface area contributed by atoms with Gasteiger partial charge in [0.25, 0.3) is 0 Å². The van der Waals surface area contributed by atoms with Crippen molar-refractivity contribution in [3.8, 4) is 11.5 Å². The number of rotatable bonds is 7. The number of pyridine rings is 1. The van der Waals surface area contributed by atoms with Crippen molar-refractivity contribution in [2.45, 2.75) is 13.5 Å². The van der Waals surface area contributed by atoms with Gasteiger partial charge in [-0.05, 0) is 48.9 Å². The van der Waals surface area contributed by atoms with Crippen molar-refractivity contribution in [2.24, 2.45) is 0 Å². The van der Waals surface area contributed by atoms with Crippen LogP contribution in [0, 0.1) is 0 Å². The summed E-state index contributed by atoms with van der Waals surface area (Å²) < 4.78 is 7.47. The van der Waals surface area contributed by atoms with Gasteiger partial charge < -0.3 is 27.4 Å². The minimum atomic E-state index is -0.933. The summed E-state index contributed by atoms with van der Waals surface area (Å²) in [5, 5.41) is 19.0. The summed E-state index contributed by atoms with van der Waals surface area (Å²) in [6.45, 7) is 2.91. The second-order valence-corrected chi connectivity index (χ2v) is 6.25. The van der Waals surface area contributed by atoms with Crippen LogP contribution >= 0.6 is 0 Å². The minimum Gasteiger partial charge on any atom is -1.00 e. The molecule has 0 unspecified atom stereocenters. The maximum atomic E-state index is 11.2. The van der Waals surface area contributed by atoms with Crippen LogP contribution in [-0.4, -0.2) is 22.8 Å². The van der Waals surface area contributed by atoms with E-state index in [1.165, 1.54) is 0 Å². The van der Waals surface area contributed by atoms with Crippen LogP contribution in [0.2, 0.25) is 0 Å². The largest absolute Gasteiger partial charge is 1.00 e. The number of ether oxygens (including phenoxy) is 1. The van der Waals surface area contributed by atoms with E-state index in [1.807, 2.05) is 60.2 Å². The predicted octanol–water partition coefficient (Wildman–Crippen LogP) is 0.999. The monoisotopic (exact) mass is 411 g/mol. The summed E-state index contributed by atoms with van der Waals surface area (Å²) in [6.07, 6.45) is 5.88. The number of hydrogen-bond donors (Lipinski definition) is 2. The quantitative estimate of drug-likeness (QED) is 0.569. The average Bonchev–Trinajstić information content (AvgIpc) is 2.70. The summed E-state index contributed by atoms with van der Waals surface area (Å²) >= 11 is 0. The van der Waals surface area contributed by atoms with Crippen LogP contribution in [0.3, 0.4) is 0 Å². The average molecular weight is 412 g/mol. The van der Waals surface area contributed by atoms with Gasteiger partial charge in [0.2, 0.25) is 5.69 Å². The Morgan fingerprint density at radius 3 is 2.66 bits per heavy atom. The van der Waals surface area contributed by atoms with Crippen LogP contribution in [0.5, 0.6) is 11.5 Å².